The van der Waals surface area contributed by atoms with E-state index in [0.717, 1.165) is 0 Å². The summed E-state index contributed by atoms with van der Waals surface area (Å²) in [7, 11) is 0. The lowest BCUT2D eigenvalue weighted by Crippen LogP contribution is -2.33. The van der Waals surface area contributed by atoms with Crippen molar-refractivity contribution < 1.29 is 0 Å². The van der Waals surface area contributed by atoms with Crippen LogP contribution >= 0.6 is 0 Å². The van der Waals surface area contributed by atoms with Gasteiger partial charge in [-0.3, -0.25) is 9.98 Å². The second-order valence-electron chi connectivity index (χ2n) is 4.42. The molecule has 0 spiro atoms. The molecule has 2 fully saturated rings. The number of nitrogens with zero attached hydrogens (tertiary/aromatic N) is 2. The minimum absolute atomic E-state index is 0.561. The molecule has 1 heterocycles. The van der Waals surface area contributed by atoms with Crippen molar-refractivity contribution in [1.29, 1.82) is 0 Å². The van der Waals surface area contributed by atoms with Crippen LogP contribution in [0.5, 0.6) is 0 Å². The zero-order chi connectivity index (χ0) is 8.67. The van der Waals surface area contributed by atoms with E-state index >= 15 is 0 Å². The highest BCUT2D eigenvalue weighted by Gasteiger charge is 2.31. The molecule has 70 valence electrons. The van der Waals surface area contributed by atoms with Gasteiger partial charge in [0.05, 0.1) is 23.5 Å². The number of rotatable bonds is 0. The Bertz CT molecular complexity index is 250. The number of aliphatic imine (C=N–C) groups is 2. The molecular weight excluding hydrogens is 160 g/mol. The van der Waals surface area contributed by atoms with Crippen LogP contribution < -0.4 is 0 Å². The van der Waals surface area contributed by atoms with Gasteiger partial charge in [0, 0.05) is 0 Å². The predicted octanol–water partition coefficient (Wildman–Crippen LogP) is 2.38. The predicted molar refractivity (Wildman–Crippen MR) is 54.8 cm³/mol. The third kappa shape index (κ3) is 1.23. The molecule has 0 amide bonds. The second-order valence-corrected chi connectivity index (χ2v) is 4.42. The van der Waals surface area contributed by atoms with Crippen molar-refractivity contribution in [3.63, 3.8) is 0 Å². The monoisotopic (exact) mass is 176 g/mol. The molecule has 2 nitrogen and oxygen atoms in total. The van der Waals surface area contributed by atoms with E-state index in [1.54, 1.807) is 0 Å². The summed E-state index contributed by atoms with van der Waals surface area (Å²) in [6.45, 7) is 0. The molecule has 3 aliphatic rings. The summed E-state index contributed by atoms with van der Waals surface area (Å²) in [5, 5.41) is 0. The first kappa shape index (κ1) is 7.72. The van der Waals surface area contributed by atoms with Gasteiger partial charge >= 0.3 is 0 Å². The number of hydrogen-bond acceptors (Lipinski definition) is 2. The Balaban J connectivity index is 1.90. The van der Waals surface area contributed by atoms with Crippen LogP contribution in [0.15, 0.2) is 9.98 Å². The average molecular weight is 176 g/mol. The molecule has 13 heavy (non-hydrogen) atoms. The maximum absolute atomic E-state index is 4.85. The molecule has 0 aromatic heterocycles. The van der Waals surface area contributed by atoms with E-state index in [4.69, 9.17) is 9.98 Å². The van der Waals surface area contributed by atoms with Gasteiger partial charge in [0.25, 0.3) is 0 Å². The van der Waals surface area contributed by atoms with Gasteiger partial charge in [0.1, 0.15) is 0 Å². The largest absolute Gasteiger partial charge is 0.282 e. The molecule has 0 aromatic rings. The molecule has 0 saturated heterocycles. The first-order valence-corrected chi connectivity index (χ1v) is 5.57. The summed E-state index contributed by atoms with van der Waals surface area (Å²) in [5.41, 5.74) is 2.70. The first-order valence-electron chi connectivity index (χ1n) is 5.57. The van der Waals surface area contributed by atoms with Gasteiger partial charge in [-0.15, -0.1) is 0 Å². The van der Waals surface area contributed by atoms with E-state index in [-0.39, 0.29) is 0 Å². The Hall–Kier alpha value is -0.660. The smallest absolute Gasteiger partial charge is 0.0727 e. The lowest BCUT2D eigenvalue weighted by molar-refractivity contribution is 0.385. The van der Waals surface area contributed by atoms with Crippen molar-refractivity contribution in [2.75, 3.05) is 0 Å². The fourth-order valence-corrected chi connectivity index (χ4v) is 2.78. The van der Waals surface area contributed by atoms with Crippen LogP contribution in [0.1, 0.15) is 44.9 Å². The highest BCUT2D eigenvalue weighted by atomic mass is 15.0. The first-order chi connectivity index (χ1) is 6.43. The molecular formula is C11H16N2. The van der Waals surface area contributed by atoms with E-state index in [0.29, 0.717) is 12.1 Å². The summed E-state index contributed by atoms with van der Waals surface area (Å²) >= 11 is 0. The van der Waals surface area contributed by atoms with E-state index in [2.05, 4.69) is 0 Å². The molecule has 1 aliphatic heterocycles. The van der Waals surface area contributed by atoms with E-state index in [9.17, 15) is 0 Å². The summed E-state index contributed by atoms with van der Waals surface area (Å²) < 4.78 is 0. The van der Waals surface area contributed by atoms with Gasteiger partial charge in [-0.05, 0) is 32.1 Å². The van der Waals surface area contributed by atoms with Gasteiger partial charge in [0.2, 0.25) is 0 Å². The van der Waals surface area contributed by atoms with Crippen LogP contribution in [0.2, 0.25) is 0 Å². The SMILES string of the molecule is C1CC2=NC3CCCCC3N=C2C1. The topological polar surface area (TPSA) is 24.7 Å². The van der Waals surface area contributed by atoms with Crippen LogP contribution in [-0.4, -0.2) is 23.5 Å². The fraction of sp³-hybridized carbons (Fsp3) is 0.818. The third-order valence-corrected chi connectivity index (χ3v) is 3.50. The molecule has 0 radical (unpaired) electrons. The van der Waals surface area contributed by atoms with E-state index in [1.165, 1.54) is 56.4 Å². The number of hydrogen-bond donors (Lipinski definition) is 0. The Morgan fingerprint density at radius 1 is 0.769 bits per heavy atom. The van der Waals surface area contributed by atoms with Crippen LogP contribution in [0, 0.1) is 0 Å². The minimum atomic E-state index is 0.561. The Morgan fingerprint density at radius 3 is 1.85 bits per heavy atom. The van der Waals surface area contributed by atoms with E-state index in [1.807, 2.05) is 0 Å². The van der Waals surface area contributed by atoms with Crippen molar-refractivity contribution in [1.82, 2.24) is 0 Å². The highest BCUT2D eigenvalue weighted by Crippen LogP contribution is 2.30. The maximum Gasteiger partial charge on any atom is 0.0727 e. The normalized spacial score (nSPS) is 37.5. The van der Waals surface area contributed by atoms with Crippen molar-refractivity contribution >= 4 is 11.4 Å². The summed E-state index contributed by atoms with van der Waals surface area (Å²) in [6.07, 6.45) is 8.97. The van der Waals surface area contributed by atoms with Crippen LogP contribution in [0.25, 0.3) is 0 Å². The number of fused-ring (bicyclic) bond motifs is 2. The molecule has 2 heteroatoms. The quantitative estimate of drug-likeness (QED) is 0.541. The molecule has 3 rings (SSSR count). The zero-order valence-electron chi connectivity index (χ0n) is 8.00. The third-order valence-electron chi connectivity index (χ3n) is 3.50. The van der Waals surface area contributed by atoms with Gasteiger partial charge in [-0.1, -0.05) is 12.8 Å². The molecule has 0 N–H and O–H groups in total. The standard InChI is InChI=1S/C11H16N2/c1-2-5-9-8(4-1)12-10-6-3-7-11(10)13-9/h8-9H,1-7H2. The Kier molecular flexibility index (Phi) is 1.74. The minimum Gasteiger partial charge on any atom is -0.282 e. The Labute approximate surface area is 79.2 Å². The molecule has 2 saturated carbocycles. The highest BCUT2D eigenvalue weighted by molar-refractivity contribution is 6.44. The molecule has 2 aliphatic carbocycles. The van der Waals surface area contributed by atoms with Crippen LogP contribution in [0.3, 0.4) is 0 Å². The van der Waals surface area contributed by atoms with Crippen molar-refractivity contribution in [3.05, 3.63) is 0 Å². The Morgan fingerprint density at radius 2 is 1.31 bits per heavy atom. The van der Waals surface area contributed by atoms with E-state index < -0.39 is 0 Å². The average Bonchev–Trinajstić information content (AvgIpc) is 2.61. The second kappa shape index (κ2) is 2.93. The lowest BCUT2D eigenvalue weighted by atomic mass is 9.89. The van der Waals surface area contributed by atoms with Crippen molar-refractivity contribution in [3.8, 4) is 0 Å². The molecule has 2 atom stereocenters. The van der Waals surface area contributed by atoms with Gasteiger partial charge in [-0.2, -0.15) is 0 Å². The van der Waals surface area contributed by atoms with Gasteiger partial charge in [-0.25, -0.2) is 0 Å². The zero-order valence-corrected chi connectivity index (χ0v) is 8.00. The van der Waals surface area contributed by atoms with Crippen LogP contribution in [-0.2, 0) is 0 Å². The lowest BCUT2D eigenvalue weighted by Gasteiger charge is -2.29. The summed E-state index contributed by atoms with van der Waals surface area (Å²) in [4.78, 5) is 9.70. The van der Waals surface area contributed by atoms with Crippen molar-refractivity contribution in [2.45, 2.75) is 57.0 Å². The molecule has 2 unspecified atom stereocenters. The van der Waals surface area contributed by atoms with Crippen molar-refractivity contribution in [2.24, 2.45) is 9.98 Å². The van der Waals surface area contributed by atoms with Gasteiger partial charge < -0.3 is 0 Å². The maximum atomic E-state index is 4.85. The molecule has 0 bridgehead atoms. The van der Waals surface area contributed by atoms with Crippen LogP contribution in [0.4, 0.5) is 0 Å². The summed E-state index contributed by atoms with van der Waals surface area (Å²) in [6, 6.07) is 1.12. The summed E-state index contributed by atoms with van der Waals surface area (Å²) in [5.74, 6) is 0. The molecule has 0 aromatic carbocycles. The van der Waals surface area contributed by atoms with Gasteiger partial charge in [0.15, 0.2) is 0 Å². The fourth-order valence-electron chi connectivity index (χ4n) is 2.78.